The van der Waals surface area contributed by atoms with Crippen molar-refractivity contribution in [2.75, 3.05) is 10.6 Å². The van der Waals surface area contributed by atoms with Gasteiger partial charge in [0.25, 0.3) is 0 Å². The van der Waals surface area contributed by atoms with Crippen LogP contribution in [0, 0.1) is 0 Å². The molecule has 0 aliphatic carbocycles. The Morgan fingerprint density at radius 2 is 2.25 bits per heavy atom. The van der Waals surface area contributed by atoms with E-state index in [1.807, 2.05) is 24.3 Å². The lowest BCUT2D eigenvalue weighted by atomic mass is 10.3. The average Bonchev–Trinajstić information content (AvgIpc) is 2.70. The highest BCUT2D eigenvalue weighted by Crippen LogP contribution is 2.15. The smallest absolute Gasteiger partial charge is 0.224 e. The molecule has 0 aliphatic rings. The molecular formula is C9H8BrN5S. The normalized spacial score (nSPS) is 9.81. The number of rotatable bonds is 2. The fourth-order valence-electron chi connectivity index (χ4n) is 1.10. The van der Waals surface area contributed by atoms with Crippen molar-refractivity contribution in [1.29, 1.82) is 0 Å². The Morgan fingerprint density at radius 1 is 1.38 bits per heavy atom. The standard InChI is InChI=1S/C9H8BrN5S/c10-6-2-1-3-7(4-6)13-9(16)14-8-11-5-12-15-8/h1-5H,(H3,11,12,13,14,15,16). The number of halogens is 1. The molecule has 2 aromatic rings. The number of hydrogen-bond donors (Lipinski definition) is 3. The fourth-order valence-corrected chi connectivity index (χ4v) is 1.72. The summed E-state index contributed by atoms with van der Waals surface area (Å²) in [6, 6.07) is 7.70. The third-order valence-corrected chi connectivity index (χ3v) is 2.43. The molecule has 0 spiro atoms. The van der Waals surface area contributed by atoms with Crippen LogP contribution in [0.5, 0.6) is 0 Å². The summed E-state index contributed by atoms with van der Waals surface area (Å²) in [4.78, 5) is 3.90. The van der Waals surface area contributed by atoms with Crippen LogP contribution >= 0.6 is 28.1 Å². The summed E-state index contributed by atoms with van der Waals surface area (Å²) in [6.45, 7) is 0. The molecule has 0 radical (unpaired) electrons. The van der Waals surface area contributed by atoms with Crippen molar-refractivity contribution < 1.29 is 0 Å². The Hall–Kier alpha value is -1.47. The minimum Gasteiger partial charge on any atom is -0.332 e. The van der Waals surface area contributed by atoms with Gasteiger partial charge in [-0.05, 0) is 30.4 Å². The van der Waals surface area contributed by atoms with Crippen molar-refractivity contribution in [3.8, 4) is 0 Å². The lowest BCUT2D eigenvalue weighted by Gasteiger charge is -2.08. The molecule has 0 bridgehead atoms. The van der Waals surface area contributed by atoms with Crippen molar-refractivity contribution in [3.05, 3.63) is 35.1 Å². The van der Waals surface area contributed by atoms with Crippen LogP contribution in [-0.2, 0) is 0 Å². The van der Waals surface area contributed by atoms with Crippen LogP contribution in [0.1, 0.15) is 0 Å². The van der Waals surface area contributed by atoms with Gasteiger partial charge in [-0.1, -0.05) is 22.0 Å². The quantitative estimate of drug-likeness (QED) is 0.743. The second-order valence-electron chi connectivity index (χ2n) is 2.92. The lowest BCUT2D eigenvalue weighted by molar-refractivity contribution is 1.10. The lowest BCUT2D eigenvalue weighted by Crippen LogP contribution is -2.19. The fraction of sp³-hybridized carbons (Fsp3) is 0. The van der Waals surface area contributed by atoms with Crippen molar-refractivity contribution >= 4 is 44.9 Å². The number of hydrogen-bond acceptors (Lipinski definition) is 3. The zero-order valence-electron chi connectivity index (χ0n) is 8.07. The van der Waals surface area contributed by atoms with Gasteiger partial charge in [0.2, 0.25) is 5.95 Å². The first-order chi connectivity index (χ1) is 7.74. The number of H-pyrrole nitrogens is 1. The maximum Gasteiger partial charge on any atom is 0.224 e. The summed E-state index contributed by atoms with van der Waals surface area (Å²) in [5.41, 5.74) is 0.895. The SMILES string of the molecule is S=C(Nc1cccc(Br)c1)Nc1ncn[nH]1. The highest BCUT2D eigenvalue weighted by molar-refractivity contribution is 9.10. The van der Waals surface area contributed by atoms with E-state index >= 15 is 0 Å². The van der Waals surface area contributed by atoms with Gasteiger partial charge in [0.1, 0.15) is 6.33 Å². The van der Waals surface area contributed by atoms with Gasteiger partial charge in [-0.3, -0.25) is 0 Å². The zero-order chi connectivity index (χ0) is 11.4. The average molecular weight is 298 g/mol. The van der Waals surface area contributed by atoms with Gasteiger partial charge in [0, 0.05) is 10.2 Å². The third kappa shape index (κ3) is 3.01. The molecule has 1 aromatic heterocycles. The largest absolute Gasteiger partial charge is 0.332 e. The first-order valence-electron chi connectivity index (χ1n) is 4.43. The summed E-state index contributed by atoms with van der Waals surface area (Å²) in [7, 11) is 0. The molecule has 0 unspecified atom stereocenters. The molecular weight excluding hydrogens is 290 g/mol. The van der Waals surface area contributed by atoms with E-state index in [0.29, 0.717) is 11.1 Å². The van der Waals surface area contributed by atoms with Crippen molar-refractivity contribution in [2.24, 2.45) is 0 Å². The number of nitrogens with zero attached hydrogens (tertiary/aromatic N) is 2. The van der Waals surface area contributed by atoms with E-state index in [1.165, 1.54) is 6.33 Å². The minimum atomic E-state index is 0.454. The molecule has 1 aromatic carbocycles. The van der Waals surface area contributed by atoms with E-state index in [9.17, 15) is 0 Å². The molecule has 0 saturated carbocycles. The van der Waals surface area contributed by atoms with Crippen LogP contribution in [0.3, 0.4) is 0 Å². The monoisotopic (exact) mass is 297 g/mol. The summed E-state index contributed by atoms with van der Waals surface area (Å²) >= 11 is 8.48. The highest BCUT2D eigenvalue weighted by atomic mass is 79.9. The Labute approximate surface area is 106 Å². The Morgan fingerprint density at radius 3 is 2.94 bits per heavy atom. The van der Waals surface area contributed by atoms with Crippen molar-refractivity contribution in [1.82, 2.24) is 15.2 Å². The van der Waals surface area contributed by atoms with Crippen molar-refractivity contribution in [2.45, 2.75) is 0 Å². The highest BCUT2D eigenvalue weighted by Gasteiger charge is 2.00. The van der Waals surface area contributed by atoms with Gasteiger partial charge >= 0.3 is 0 Å². The molecule has 7 heteroatoms. The van der Waals surface area contributed by atoms with E-state index in [2.05, 4.69) is 41.7 Å². The minimum absolute atomic E-state index is 0.454. The molecule has 3 N–H and O–H groups in total. The second kappa shape index (κ2) is 5.04. The predicted molar refractivity (Wildman–Crippen MR) is 70.4 cm³/mol. The summed E-state index contributed by atoms with van der Waals surface area (Å²) in [6.07, 6.45) is 1.41. The number of anilines is 2. The molecule has 16 heavy (non-hydrogen) atoms. The Kier molecular flexibility index (Phi) is 3.47. The molecule has 0 atom stereocenters. The van der Waals surface area contributed by atoms with Crippen LogP contribution < -0.4 is 10.6 Å². The number of aromatic nitrogens is 3. The molecule has 0 saturated heterocycles. The van der Waals surface area contributed by atoms with Gasteiger partial charge in [0.15, 0.2) is 5.11 Å². The molecule has 0 fully saturated rings. The van der Waals surface area contributed by atoms with Crippen LogP contribution in [0.15, 0.2) is 35.1 Å². The summed E-state index contributed by atoms with van der Waals surface area (Å²) < 4.78 is 0.986. The molecule has 2 rings (SSSR count). The van der Waals surface area contributed by atoms with E-state index in [4.69, 9.17) is 12.2 Å². The van der Waals surface area contributed by atoms with Gasteiger partial charge in [-0.2, -0.15) is 10.1 Å². The van der Waals surface area contributed by atoms with Gasteiger partial charge < -0.3 is 10.6 Å². The van der Waals surface area contributed by atoms with Crippen LogP contribution in [-0.4, -0.2) is 20.3 Å². The zero-order valence-corrected chi connectivity index (χ0v) is 10.5. The van der Waals surface area contributed by atoms with Gasteiger partial charge in [-0.15, -0.1) is 0 Å². The van der Waals surface area contributed by atoms with Crippen LogP contribution in [0.25, 0.3) is 0 Å². The van der Waals surface area contributed by atoms with Crippen molar-refractivity contribution in [3.63, 3.8) is 0 Å². The first-order valence-corrected chi connectivity index (χ1v) is 5.63. The van der Waals surface area contributed by atoms with E-state index in [0.717, 1.165) is 10.2 Å². The summed E-state index contributed by atoms with van der Waals surface area (Å²) in [5, 5.41) is 12.7. The topological polar surface area (TPSA) is 65.6 Å². The molecule has 0 amide bonds. The maximum atomic E-state index is 5.10. The van der Waals surface area contributed by atoms with E-state index in [1.54, 1.807) is 0 Å². The third-order valence-electron chi connectivity index (χ3n) is 1.73. The molecule has 82 valence electrons. The van der Waals surface area contributed by atoms with E-state index < -0.39 is 0 Å². The maximum absolute atomic E-state index is 5.10. The number of nitrogens with one attached hydrogen (secondary N) is 3. The van der Waals surface area contributed by atoms with Gasteiger partial charge in [-0.25, -0.2) is 5.10 Å². The number of thiocarbonyl (C=S) groups is 1. The number of benzene rings is 1. The Bertz CT molecular complexity index is 484. The molecule has 1 heterocycles. The number of aromatic amines is 1. The predicted octanol–water partition coefficient (Wildman–Crippen LogP) is 2.38. The Balaban J connectivity index is 1.97. The molecule has 0 aliphatic heterocycles. The van der Waals surface area contributed by atoms with Gasteiger partial charge in [0.05, 0.1) is 0 Å². The second-order valence-corrected chi connectivity index (χ2v) is 4.25. The van der Waals surface area contributed by atoms with E-state index in [-0.39, 0.29) is 0 Å². The molecule has 5 nitrogen and oxygen atoms in total. The first kappa shape index (κ1) is 11.0. The van der Waals surface area contributed by atoms with Crippen LogP contribution in [0.2, 0.25) is 0 Å². The summed E-state index contributed by atoms with van der Waals surface area (Å²) in [5.74, 6) is 0.507. The van der Waals surface area contributed by atoms with Crippen LogP contribution in [0.4, 0.5) is 11.6 Å².